The van der Waals surface area contributed by atoms with E-state index < -0.39 is 47.7 Å². The predicted octanol–water partition coefficient (Wildman–Crippen LogP) is 5.78. The zero-order chi connectivity index (χ0) is 37.6. The Morgan fingerprint density at radius 3 is 2.28 bits per heavy atom. The van der Waals surface area contributed by atoms with E-state index in [-0.39, 0.29) is 18.6 Å². The Hall–Kier alpha value is -4.47. The van der Waals surface area contributed by atoms with Crippen molar-refractivity contribution in [3.63, 3.8) is 0 Å². The summed E-state index contributed by atoms with van der Waals surface area (Å²) in [7, 11) is 0. The Bertz CT molecular complexity index is 1710. The molecule has 0 aliphatic heterocycles. The highest BCUT2D eigenvalue weighted by Gasteiger charge is 2.33. The normalized spacial score (nSPS) is 15.8. The maximum Gasteiger partial charge on any atom is 0.408 e. The summed E-state index contributed by atoms with van der Waals surface area (Å²) in [6, 6.07) is 16.4. The fourth-order valence-corrected chi connectivity index (χ4v) is 8.04. The number of nitrogens with one attached hydrogen (secondary N) is 5. The number of benzene rings is 2. The van der Waals surface area contributed by atoms with Crippen LogP contribution in [0.15, 0.2) is 77.5 Å². The van der Waals surface area contributed by atoms with Crippen molar-refractivity contribution >= 4 is 51.8 Å². The van der Waals surface area contributed by atoms with Gasteiger partial charge in [-0.3, -0.25) is 9.59 Å². The van der Waals surface area contributed by atoms with E-state index in [0.717, 1.165) is 36.9 Å². The molecule has 1 aliphatic carbocycles. The van der Waals surface area contributed by atoms with Crippen molar-refractivity contribution in [1.82, 2.24) is 36.1 Å². The average molecular weight is 763 g/mol. The number of nitrogens with zero attached hydrogens (tertiary/aromatic N) is 3. The van der Waals surface area contributed by atoms with Gasteiger partial charge in [-0.2, -0.15) is 0 Å². The molecule has 2 aromatic heterocycles. The molecule has 1 saturated carbocycles. The van der Waals surface area contributed by atoms with E-state index in [2.05, 4.69) is 41.4 Å². The minimum Gasteiger partial charge on any atom is -0.444 e. The SMILES string of the molecule is CC(C)(C)OC(=O)N[C@@H](Cc1ccccc1)C(=O)N[C@@H](Cc1cnc[nH]1)C(=O)N[C@@H](CC1CCCCC1)[C@@H](O)CSc1nnc(Nc2ccccc2)s1. The van der Waals surface area contributed by atoms with Crippen molar-refractivity contribution in [3.8, 4) is 0 Å². The third kappa shape index (κ3) is 13.5. The van der Waals surface area contributed by atoms with E-state index in [1.54, 1.807) is 27.0 Å². The molecule has 5 rings (SSSR count). The molecule has 2 aromatic carbocycles. The molecule has 0 unspecified atom stereocenters. The Labute approximate surface area is 318 Å². The molecule has 0 saturated heterocycles. The fraction of sp³-hybridized carbons (Fsp3) is 0.474. The van der Waals surface area contributed by atoms with Crippen LogP contribution in [0.3, 0.4) is 0 Å². The van der Waals surface area contributed by atoms with Gasteiger partial charge < -0.3 is 36.1 Å². The lowest BCUT2D eigenvalue weighted by molar-refractivity contribution is -0.130. The van der Waals surface area contributed by atoms with Gasteiger partial charge in [0.2, 0.25) is 16.9 Å². The zero-order valence-electron chi connectivity index (χ0n) is 30.4. The van der Waals surface area contributed by atoms with E-state index in [9.17, 15) is 19.5 Å². The van der Waals surface area contributed by atoms with Gasteiger partial charge in [-0.15, -0.1) is 10.2 Å². The lowest BCUT2D eigenvalue weighted by atomic mass is 9.83. The van der Waals surface area contributed by atoms with Crippen molar-refractivity contribution in [2.75, 3.05) is 11.1 Å². The van der Waals surface area contributed by atoms with E-state index in [4.69, 9.17) is 4.74 Å². The van der Waals surface area contributed by atoms with Gasteiger partial charge in [0.25, 0.3) is 0 Å². The number of imidazole rings is 1. The average Bonchev–Trinajstić information content (AvgIpc) is 3.82. The number of amides is 3. The first-order chi connectivity index (χ1) is 25.5. The first-order valence-electron chi connectivity index (χ1n) is 18.1. The lowest BCUT2D eigenvalue weighted by Gasteiger charge is -2.31. The number of alkyl carbamates (subject to hydrolysis) is 1. The third-order valence-electron chi connectivity index (χ3n) is 8.82. The Morgan fingerprint density at radius 2 is 1.60 bits per heavy atom. The number of aromatic amines is 1. The molecule has 2 heterocycles. The molecule has 0 spiro atoms. The Kier molecular flexibility index (Phi) is 14.7. The van der Waals surface area contributed by atoms with Gasteiger partial charge in [0.05, 0.1) is 18.5 Å². The summed E-state index contributed by atoms with van der Waals surface area (Å²) in [5, 5.41) is 32.7. The molecule has 1 fully saturated rings. The first kappa shape index (κ1) is 39.7. The number of para-hydroxylation sites is 1. The van der Waals surface area contributed by atoms with E-state index in [0.29, 0.717) is 27.5 Å². The number of ether oxygens (including phenoxy) is 1. The Morgan fingerprint density at radius 1 is 0.925 bits per heavy atom. The van der Waals surface area contributed by atoms with Crippen LogP contribution in [0.2, 0.25) is 0 Å². The highest BCUT2D eigenvalue weighted by Crippen LogP contribution is 2.31. The second-order valence-corrected chi connectivity index (χ2v) is 16.6. The number of carbonyl (C=O) groups excluding carboxylic acids is 3. The molecule has 15 heteroatoms. The maximum atomic E-state index is 14.2. The molecule has 0 radical (unpaired) electrons. The number of anilines is 2. The number of H-pyrrole nitrogens is 1. The van der Waals surface area contributed by atoms with Crippen LogP contribution < -0.4 is 21.3 Å². The first-order valence-corrected chi connectivity index (χ1v) is 19.9. The van der Waals surface area contributed by atoms with Crippen LogP contribution in [0.5, 0.6) is 0 Å². The van der Waals surface area contributed by atoms with Crippen LogP contribution in [0.1, 0.15) is 70.6 Å². The summed E-state index contributed by atoms with van der Waals surface area (Å²) in [5.41, 5.74) is 1.59. The summed E-state index contributed by atoms with van der Waals surface area (Å²) in [5.74, 6) is -0.353. The number of hydrogen-bond donors (Lipinski definition) is 6. The third-order valence-corrected chi connectivity index (χ3v) is 10.9. The zero-order valence-corrected chi connectivity index (χ0v) is 32.1. The van der Waals surface area contributed by atoms with Crippen LogP contribution in [0.25, 0.3) is 0 Å². The van der Waals surface area contributed by atoms with Gasteiger partial charge in [-0.1, -0.05) is 104 Å². The smallest absolute Gasteiger partial charge is 0.408 e. The van der Waals surface area contributed by atoms with Gasteiger partial charge >= 0.3 is 6.09 Å². The lowest BCUT2D eigenvalue weighted by Crippen LogP contribution is -2.58. The molecule has 1 aliphatic rings. The molecule has 4 aromatic rings. The summed E-state index contributed by atoms with van der Waals surface area (Å²) >= 11 is 2.77. The quantitative estimate of drug-likeness (QED) is 0.0722. The van der Waals surface area contributed by atoms with Gasteiger partial charge in [0, 0.05) is 36.2 Å². The van der Waals surface area contributed by atoms with Gasteiger partial charge in [-0.25, -0.2) is 9.78 Å². The predicted molar refractivity (Wildman–Crippen MR) is 207 cm³/mol. The molecular formula is C38H50N8O5S2. The number of aliphatic hydroxyl groups is 1. The second-order valence-electron chi connectivity index (χ2n) is 14.3. The van der Waals surface area contributed by atoms with Gasteiger partial charge in [0.1, 0.15) is 17.7 Å². The Balaban J connectivity index is 1.30. The van der Waals surface area contributed by atoms with Crippen molar-refractivity contribution in [1.29, 1.82) is 0 Å². The minimum atomic E-state index is -1.04. The van der Waals surface area contributed by atoms with Crippen LogP contribution in [-0.2, 0) is 27.2 Å². The van der Waals surface area contributed by atoms with E-state index >= 15 is 0 Å². The molecule has 53 heavy (non-hydrogen) atoms. The molecule has 3 amide bonds. The number of thioether (sulfide) groups is 1. The number of rotatable bonds is 17. The second kappa shape index (κ2) is 19.6. The largest absolute Gasteiger partial charge is 0.444 e. The molecule has 4 atom stereocenters. The standard InChI is InChI=1S/C38H50N8O5S2/c1-38(2,3)51-36(50)44-30(20-26-15-9-5-10-16-26)33(48)43-31(21-28-22-39-24-40-28)34(49)42-29(19-25-13-7-4-8-14-25)32(47)23-52-37-46-45-35(53-37)41-27-17-11-6-12-18-27/h5-6,9-12,15-18,22,24-25,29-32,47H,4,7-8,13-14,19-21,23H2,1-3H3,(H,39,40)(H,41,45)(H,42,49)(H,43,48)(H,44,50)/t29-,30-,31-,32-/m0/s1. The fourth-order valence-electron chi connectivity index (χ4n) is 6.22. The molecule has 284 valence electrons. The topological polar surface area (TPSA) is 183 Å². The monoisotopic (exact) mass is 762 g/mol. The summed E-state index contributed by atoms with van der Waals surface area (Å²) in [6.45, 7) is 5.23. The highest BCUT2D eigenvalue weighted by molar-refractivity contribution is 8.01. The van der Waals surface area contributed by atoms with E-state index in [1.165, 1.54) is 35.8 Å². The summed E-state index contributed by atoms with van der Waals surface area (Å²) < 4.78 is 6.16. The van der Waals surface area contributed by atoms with Crippen LogP contribution in [-0.4, -0.2) is 78.8 Å². The summed E-state index contributed by atoms with van der Waals surface area (Å²) in [6.07, 6.45) is 7.84. The van der Waals surface area contributed by atoms with Crippen LogP contribution in [0.4, 0.5) is 15.6 Å². The number of hydrogen-bond acceptors (Lipinski definition) is 11. The minimum absolute atomic E-state index is 0.116. The van der Waals surface area contributed by atoms with Gasteiger partial charge in [0.15, 0.2) is 4.34 Å². The van der Waals surface area contributed by atoms with Crippen LogP contribution >= 0.6 is 23.1 Å². The van der Waals surface area contributed by atoms with Crippen molar-refractivity contribution in [2.45, 2.75) is 106 Å². The summed E-state index contributed by atoms with van der Waals surface area (Å²) in [4.78, 5) is 48.1. The maximum absolute atomic E-state index is 14.2. The number of aliphatic hydroxyl groups excluding tert-OH is 1. The van der Waals surface area contributed by atoms with Crippen molar-refractivity contribution < 1.29 is 24.2 Å². The highest BCUT2D eigenvalue weighted by atomic mass is 32.2. The molecule has 6 N–H and O–H groups in total. The van der Waals surface area contributed by atoms with Crippen molar-refractivity contribution in [3.05, 3.63) is 84.4 Å². The van der Waals surface area contributed by atoms with Crippen LogP contribution in [0, 0.1) is 5.92 Å². The number of aromatic nitrogens is 4. The molecule has 13 nitrogen and oxygen atoms in total. The molecular weight excluding hydrogens is 713 g/mol. The molecule has 0 bridgehead atoms. The van der Waals surface area contributed by atoms with E-state index in [1.807, 2.05) is 60.7 Å². The van der Waals surface area contributed by atoms with Crippen molar-refractivity contribution in [2.24, 2.45) is 5.92 Å². The van der Waals surface area contributed by atoms with Gasteiger partial charge in [-0.05, 0) is 50.8 Å². The number of carbonyl (C=O) groups is 3.